The molecule has 21 heavy (non-hydrogen) atoms. The minimum Gasteiger partial charge on any atom is -0.494 e. The van der Waals surface area contributed by atoms with Crippen LogP contribution in [0.2, 0.25) is 0 Å². The van der Waals surface area contributed by atoms with Gasteiger partial charge in [-0.05, 0) is 45.9 Å². The first-order chi connectivity index (χ1) is 10.1. The maximum absolute atomic E-state index is 11.3. The quantitative estimate of drug-likeness (QED) is 0.620. The van der Waals surface area contributed by atoms with Crippen LogP contribution in [0.15, 0.2) is 23.3 Å². The Bertz CT molecular complexity index is 500. The molecule has 0 aliphatic carbocycles. The highest BCUT2D eigenvalue weighted by atomic mass is 16.5. The summed E-state index contributed by atoms with van der Waals surface area (Å²) in [7, 11) is 0. The maximum Gasteiger partial charge on any atom is 0.427 e. The summed E-state index contributed by atoms with van der Waals surface area (Å²) in [6, 6.07) is 5.50. The third-order valence-corrected chi connectivity index (χ3v) is 2.54. The summed E-state index contributed by atoms with van der Waals surface area (Å²) in [6.07, 6.45) is -0.587. The predicted molar refractivity (Wildman–Crippen MR) is 81.1 cm³/mol. The molecule has 0 fully saturated rings. The summed E-state index contributed by atoms with van der Waals surface area (Å²) in [5, 5.41) is 4.01. The van der Waals surface area contributed by atoms with Crippen molar-refractivity contribution < 1.29 is 19.0 Å². The van der Waals surface area contributed by atoms with Crippen LogP contribution < -0.4 is 14.9 Å². The van der Waals surface area contributed by atoms with Crippen LogP contribution in [0.4, 0.5) is 4.79 Å². The summed E-state index contributed by atoms with van der Waals surface area (Å²) < 4.78 is 15.8. The Labute approximate surface area is 125 Å². The minimum absolute atomic E-state index is 0.296. The Hall–Kier alpha value is -2.24. The maximum atomic E-state index is 11.3. The average Bonchev–Trinajstić information content (AvgIpc) is 2.47. The number of benzene rings is 1. The van der Waals surface area contributed by atoms with Crippen molar-refractivity contribution in [3.8, 4) is 11.5 Å². The van der Waals surface area contributed by atoms with E-state index in [0.29, 0.717) is 31.3 Å². The third-order valence-electron chi connectivity index (χ3n) is 2.54. The SMILES string of the molecule is CCOC(=O)N/N=C(/C)c1cc(OCC)ccc1OCC. The van der Waals surface area contributed by atoms with Crippen molar-refractivity contribution in [2.45, 2.75) is 27.7 Å². The van der Waals surface area contributed by atoms with Crippen molar-refractivity contribution >= 4 is 11.8 Å². The zero-order chi connectivity index (χ0) is 15.7. The number of nitrogens with one attached hydrogen (secondary N) is 1. The molecule has 1 amide bonds. The highest BCUT2D eigenvalue weighted by Gasteiger charge is 2.10. The summed E-state index contributed by atoms with van der Waals surface area (Å²) in [4.78, 5) is 11.3. The molecule has 0 bridgehead atoms. The van der Waals surface area contributed by atoms with E-state index in [1.165, 1.54) is 0 Å². The van der Waals surface area contributed by atoms with E-state index >= 15 is 0 Å². The van der Waals surface area contributed by atoms with E-state index in [9.17, 15) is 4.79 Å². The van der Waals surface area contributed by atoms with E-state index in [4.69, 9.17) is 14.2 Å². The van der Waals surface area contributed by atoms with Crippen molar-refractivity contribution in [1.29, 1.82) is 0 Å². The second kappa shape index (κ2) is 8.84. The average molecular weight is 294 g/mol. The molecule has 1 aromatic rings. The molecule has 1 rings (SSSR count). The lowest BCUT2D eigenvalue weighted by Gasteiger charge is -2.12. The molecule has 6 nitrogen and oxygen atoms in total. The van der Waals surface area contributed by atoms with E-state index in [0.717, 1.165) is 11.3 Å². The van der Waals surface area contributed by atoms with Gasteiger partial charge in [-0.25, -0.2) is 10.2 Å². The predicted octanol–water partition coefficient (Wildman–Crippen LogP) is 2.95. The molecule has 0 saturated heterocycles. The molecule has 1 aromatic carbocycles. The Kier molecular flexibility index (Phi) is 7.08. The van der Waals surface area contributed by atoms with E-state index in [1.54, 1.807) is 13.8 Å². The van der Waals surface area contributed by atoms with E-state index < -0.39 is 6.09 Å². The number of amides is 1. The van der Waals surface area contributed by atoms with E-state index in [-0.39, 0.29) is 0 Å². The number of rotatable bonds is 7. The third kappa shape index (κ3) is 5.33. The van der Waals surface area contributed by atoms with Gasteiger partial charge < -0.3 is 14.2 Å². The van der Waals surface area contributed by atoms with Gasteiger partial charge >= 0.3 is 6.09 Å². The molecular weight excluding hydrogens is 272 g/mol. The fourth-order valence-corrected chi connectivity index (χ4v) is 1.68. The van der Waals surface area contributed by atoms with Crippen LogP contribution in [0.5, 0.6) is 11.5 Å². The largest absolute Gasteiger partial charge is 0.494 e. The molecular formula is C15H22N2O4. The molecule has 0 unspecified atom stereocenters. The molecule has 1 N–H and O–H groups in total. The van der Waals surface area contributed by atoms with Crippen LogP contribution in [0, 0.1) is 0 Å². The van der Waals surface area contributed by atoms with Gasteiger partial charge in [0.1, 0.15) is 11.5 Å². The Morgan fingerprint density at radius 3 is 2.48 bits per heavy atom. The van der Waals surface area contributed by atoms with Gasteiger partial charge in [0.15, 0.2) is 0 Å². The molecule has 0 saturated carbocycles. The van der Waals surface area contributed by atoms with Gasteiger partial charge in [0.05, 0.1) is 25.5 Å². The van der Waals surface area contributed by atoms with Gasteiger partial charge in [0.25, 0.3) is 0 Å². The number of hydrazone groups is 1. The zero-order valence-corrected chi connectivity index (χ0v) is 12.9. The highest BCUT2D eigenvalue weighted by molar-refractivity contribution is 6.01. The topological polar surface area (TPSA) is 69.2 Å². The Morgan fingerprint density at radius 1 is 1.14 bits per heavy atom. The second-order valence-corrected chi connectivity index (χ2v) is 4.05. The monoisotopic (exact) mass is 294 g/mol. The van der Waals surface area contributed by atoms with Gasteiger partial charge in [0, 0.05) is 5.56 Å². The lowest BCUT2D eigenvalue weighted by Crippen LogP contribution is -2.20. The molecule has 116 valence electrons. The molecule has 6 heteroatoms. The summed E-state index contributed by atoms with van der Waals surface area (Å²) in [5.74, 6) is 1.41. The van der Waals surface area contributed by atoms with Crippen LogP contribution in [-0.2, 0) is 4.74 Å². The summed E-state index contributed by atoms with van der Waals surface area (Å²) >= 11 is 0. The fraction of sp³-hybridized carbons (Fsp3) is 0.467. The smallest absolute Gasteiger partial charge is 0.427 e. The lowest BCUT2D eigenvalue weighted by atomic mass is 10.1. The van der Waals surface area contributed by atoms with Gasteiger partial charge in [-0.3, -0.25) is 0 Å². The van der Waals surface area contributed by atoms with E-state index in [1.807, 2.05) is 32.0 Å². The first kappa shape index (κ1) is 16.8. The van der Waals surface area contributed by atoms with Crippen molar-refractivity contribution in [2.24, 2.45) is 5.10 Å². The first-order valence-corrected chi connectivity index (χ1v) is 6.99. The van der Waals surface area contributed by atoms with Crippen molar-refractivity contribution in [2.75, 3.05) is 19.8 Å². The number of hydrogen-bond donors (Lipinski definition) is 1. The Morgan fingerprint density at radius 2 is 1.86 bits per heavy atom. The number of nitrogens with zero attached hydrogens (tertiary/aromatic N) is 1. The molecule has 0 aromatic heterocycles. The van der Waals surface area contributed by atoms with Crippen LogP contribution >= 0.6 is 0 Å². The summed E-state index contributed by atoms with van der Waals surface area (Å²) in [6.45, 7) is 8.74. The highest BCUT2D eigenvalue weighted by Crippen LogP contribution is 2.25. The van der Waals surface area contributed by atoms with E-state index in [2.05, 4.69) is 10.5 Å². The minimum atomic E-state index is -0.587. The van der Waals surface area contributed by atoms with Crippen LogP contribution in [0.3, 0.4) is 0 Å². The number of carbonyl (C=O) groups excluding carboxylic acids is 1. The van der Waals surface area contributed by atoms with Gasteiger partial charge in [-0.15, -0.1) is 0 Å². The number of ether oxygens (including phenoxy) is 3. The van der Waals surface area contributed by atoms with Crippen LogP contribution in [-0.4, -0.2) is 31.6 Å². The second-order valence-electron chi connectivity index (χ2n) is 4.05. The molecule has 0 radical (unpaired) electrons. The molecule has 0 heterocycles. The standard InChI is InChI=1S/C15H22N2O4/c1-5-19-12-8-9-14(20-6-2)13(10-12)11(4)16-17-15(18)21-7-3/h8-10H,5-7H2,1-4H3,(H,17,18)/b16-11-. The van der Waals surface area contributed by atoms with Crippen molar-refractivity contribution in [3.63, 3.8) is 0 Å². The zero-order valence-electron chi connectivity index (χ0n) is 12.9. The van der Waals surface area contributed by atoms with Crippen LogP contribution in [0.25, 0.3) is 0 Å². The summed E-state index contributed by atoms with van der Waals surface area (Å²) in [5.41, 5.74) is 3.70. The molecule has 0 aliphatic heterocycles. The van der Waals surface area contributed by atoms with Crippen molar-refractivity contribution in [1.82, 2.24) is 5.43 Å². The fourth-order valence-electron chi connectivity index (χ4n) is 1.68. The molecule has 0 atom stereocenters. The number of carbonyl (C=O) groups is 1. The van der Waals surface area contributed by atoms with Gasteiger partial charge in [0.2, 0.25) is 0 Å². The van der Waals surface area contributed by atoms with Gasteiger partial charge in [-0.2, -0.15) is 5.10 Å². The number of hydrogen-bond acceptors (Lipinski definition) is 5. The first-order valence-electron chi connectivity index (χ1n) is 6.99. The molecule has 0 aliphatic rings. The normalized spacial score (nSPS) is 11.0. The van der Waals surface area contributed by atoms with Crippen LogP contribution in [0.1, 0.15) is 33.3 Å². The van der Waals surface area contributed by atoms with Crippen molar-refractivity contribution in [3.05, 3.63) is 23.8 Å². The Balaban J connectivity index is 2.97. The molecule has 0 spiro atoms. The van der Waals surface area contributed by atoms with Gasteiger partial charge in [-0.1, -0.05) is 0 Å². The lowest BCUT2D eigenvalue weighted by molar-refractivity contribution is 0.152.